The van der Waals surface area contributed by atoms with Crippen molar-refractivity contribution in [2.24, 2.45) is 0 Å². The molecule has 0 aliphatic rings. The van der Waals surface area contributed by atoms with E-state index in [0.717, 1.165) is 23.4 Å². The maximum absolute atomic E-state index is 12.4. The van der Waals surface area contributed by atoms with Crippen LogP contribution in [0.25, 0.3) is 11.4 Å². The number of H-pyrrole nitrogens is 1. The average molecular weight is 413 g/mol. The van der Waals surface area contributed by atoms with Crippen molar-refractivity contribution in [1.29, 1.82) is 0 Å². The van der Waals surface area contributed by atoms with Crippen LogP contribution >= 0.6 is 23.5 Å². The Bertz CT molecular complexity index is 907. The van der Waals surface area contributed by atoms with Gasteiger partial charge in [-0.15, -0.1) is 16.9 Å². The van der Waals surface area contributed by atoms with Gasteiger partial charge in [0, 0.05) is 24.1 Å². The quantitative estimate of drug-likeness (QED) is 0.552. The monoisotopic (exact) mass is 412 g/mol. The first-order chi connectivity index (χ1) is 13.6. The molecule has 0 saturated carbocycles. The summed E-state index contributed by atoms with van der Waals surface area (Å²) in [6.07, 6.45) is 3.06. The van der Waals surface area contributed by atoms with E-state index in [4.69, 9.17) is 0 Å². The molecule has 2 aromatic carbocycles. The zero-order valence-electron chi connectivity index (χ0n) is 16.3. The van der Waals surface area contributed by atoms with Gasteiger partial charge in [0.05, 0.1) is 5.75 Å². The summed E-state index contributed by atoms with van der Waals surface area (Å²) in [5.41, 5.74) is 3.40. The van der Waals surface area contributed by atoms with Crippen LogP contribution in [0.5, 0.6) is 0 Å². The molecule has 1 aromatic heterocycles. The molecule has 0 aliphatic heterocycles. The summed E-state index contributed by atoms with van der Waals surface area (Å²) >= 11 is 3.06. The number of carbonyl (C=O) groups is 1. The minimum absolute atomic E-state index is 0.0533. The Balaban J connectivity index is 1.52. The third kappa shape index (κ3) is 5.39. The molecule has 28 heavy (non-hydrogen) atoms. The fourth-order valence-corrected chi connectivity index (χ4v) is 3.82. The largest absolute Gasteiger partial charge is 0.341 e. The SMILES string of the molecule is CCc1ccc(-c2nc(SCC(=O)N(C)Cc3ccc(SC)cc3)n[nH]2)cc1. The first kappa shape index (κ1) is 20.5. The first-order valence-corrected chi connectivity index (χ1v) is 11.3. The van der Waals surface area contributed by atoms with Gasteiger partial charge in [-0.3, -0.25) is 9.89 Å². The van der Waals surface area contributed by atoms with Crippen LogP contribution in [0.2, 0.25) is 0 Å². The van der Waals surface area contributed by atoms with E-state index in [-0.39, 0.29) is 5.91 Å². The zero-order valence-corrected chi connectivity index (χ0v) is 17.9. The summed E-state index contributed by atoms with van der Waals surface area (Å²) in [6.45, 7) is 2.72. The van der Waals surface area contributed by atoms with Gasteiger partial charge in [-0.25, -0.2) is 4.98 Å². The van der Waals surface area contributed by atoms with Crippen molar-refractivity contribution in [1.82, 2.24) is 20.1 Å². The summed E-state index contributed by atoms with van der Waals surface area (Å²) in [5.74, 6) is 1.09. The van der Waals surface area contributed by atoms with Crippen LogP contribution in [0.1, 0.15) is 18.1 Å². The number of thioether (sulfide) groups is 2. The van der Waals surface area contributed by atoms with E-state index < -0.39 is 0 Å². The summed E-state index contributed by atoms with van der Waals surface area (Å²) in [5, 5.41) is 7.76. The fraction of sp³-hybridized carbons (Fsp3) is 0.286. The molecule has 0 aliphatic carbocycles. The van der Waals surface area contributed by atoms with Crippen LogP contribution in [0.4, 0.5) is 0 Å². The topological polar surface area (TPSA) is 61.9 Å². The first-order valence-electron chi connectivity index (χ1n) is 9.10. The number of nitrogens with zero attached hydrogens (tertiary/aromatic N) is 3. The summed E-state index contributed by atoms with van der Waals surface area (Å²) < 4.78 is 0. The van der Waals surface area contributed by atoms with Gasteiger partial charge in [-0.2, -0.15) is 0 Å². The summed E-state index contributed by atoms with van der Waals surface area (Å²) in [4.78, 5) is 19.9. The van der Waals surface area contributed by atoms with Gasteiger partial charge < -0.3 is 4.90 Å². The van der Waals surface area contributed by atoms with Gasteiger partial charge in [0.2, 0.25) is 11.1 Å². The molecule has 0 fully saturated rings. The Morgan fingerprint density at radius 1 is 1.07 bits per heavy atom. The number of aromatic amines is 1. The van der Waals surface area contributed by atoms with Gasteiger partial charge in [-0.05, 0) is 35.9 Å². The van der Waals surface area contributed by atoms with Crippen molar-refractivity contribution >= 4 is 29.4 Å². The molecule has 1 amide bonds. The molecule has 7 heteroatoms. The molecule has 0 atom stereocenters. The maximum atomic E-state index is 12.4. The number of hydrogen-bond acceptors (Lipinski definition) is 5. The van der Waals surface area contributed by atoms with E-state index in [1.165, 1.54) is 22.2 Å². The van der Waals surface area contributed by atoms with E-state index in [9.17, 15) is 4.79 Å². The number of hydrogen-bond donors (Lipinski definition) is 1. The van der Waals surface area contributed by atoms with Crippen molar-refractivity contribution in [3.8, 4) is 11.4 Å². The minimum atomic E-state index is 0.0533. The van der Waals surface area contributed by atoms with Crippen molar-refractivity contribution in [3.63, 3.8) is 0 Å². The number of aryl methyl sites for hydroxylation is 1. The average Bonchev–Trinajstić information content (AvgIpc) is 3.21. The van der Waals surface area contributed by atoms with Gasteiger partial charge in [-0.1, -0.05) is 55.1 Å². The number of benzene rings is 2. The number of carbonyl (C=O) groups excluding carboxylic acids is 1. The second-order valence-corrected chi connectivity index (χ2v) is 8.23. The van der Waals surface area contributed by atoms with Crippen LogP contribution < -0.4 is 0 Å². The standard InChI is InChI=1S/C21H24N4OS2/c1-4-15-5-9-17(10-6-15)20-22-21(24-23-20)28-14-19(26)25(2)13-16-7-11-18(27-3)12-8-16/h5-12H,4,13-14H2,1-3H3,(H,22,23,24). The molecule has 5 nitrogen and oxygen atoms in total. The lowest BCUT2D eigenvalue weighted by Crippen LogP contribution is -2.27. The van der Waals surface area contributed by atoms with Crippen molar-refractivity contribution < 1.29 is 4.79 Å². The Hall–Kier alpha value is -2.25. The number of rotatable bonds is 8. The number of nitrogens with one attached hydrogen (secondary N) is 1. The summed E-state index contributed by atoms with van der Waals surface area (Å²) in [7, 11) is 1.82. The molecule has 1 heterocycles. The van der Waals surface area contributed by atoms with Crippen molar-refractivity contribution in [2.45, 2.75) is 29.9 Å². The third-order valence-electron chi connectivity index (χ3n) is 4.43. The second-order valence-electron chi connectivity index (χ2n) is 6.40. The smallest absolute Gasteiger partial charge is 0.233 e. The molecule has 146 valence electrons. The predicted molar refractivity (Wildman–Crippen MR) is 117 cm³/mol. The van der Waals surface area contributed by atoms with Crippen molar-refractivity contribution in [3.05, 3.63) is 59.7 Å². The summed E-state index contributed by atoms with van der Waals surface area (Å²) in [6, 6.07) is 16.5. The van der Waals surface area contributed by atoms with Gasteiger partial charge >= 0.3 is 0 Å². The van der Waals surface area contributed by atoms with E-state index in [2.05, 4.69) is 64.8 Å². The molecule has 1 N–H and O–H groups in total. The molecule has 0 unspecified atom stereocenters. The molecule has 0 bridgehead atoms. The maximum Gasteiger partial charge on any atom is 0.233 e. The second kappa shape index (κ2) is 9.80. The van der Waals surface area contributed by atoms with E-state index >= 15 is 0 Å². The van der Waals surface area contributed by atoms with Crippen LogP contribution in [0, 0.1) is 0 Å². The van der Waals surface area contributed by atoms with Crippen LogP contribution in [-0.2, 0) is 17.8 Å². The normalized spacial score (nSPS) is 10.8. The van der Waals surface area contributed by atoms with E-state index in [1.807, 2.05) is 19.2 Å². The molecule has 3 rings (SSSR count). The highest BCUT2D eigenvalue weighted by Crippen LogP contribution is 2.20. The lowest BCUT2D eigenvalue weighted by atomic mass is 10.1. The zero-order chi connectivity index (χ0) is 19.9. The molecule has 0 radical (unpaired) electrons. The lowest BCUT2D eigenvalue weighted by molar-refractivity contribution is -0.127. The molecular formula is C21H24N4OS2. The molecule has 3 aromatic rings. The van der Waals surface area contributed by atoms with E-state index in [0.29, 0.717) is 17.5 Å². The number of aromatic nitrogens is 3. The lowest BCUT2D eigenvalue weighted by Gasteiger charge is -2.16. The molecular weight excluding hydrogens is 388 g/mol. The Kier molecular flexibility index (Phi) is 7.17. The van der Waals surface area contributed by atoms with Crippen LogP contribution in [0.3, 0.4) is 0 Å². The van der Waals surface area contributed by atoms with Crippen LogP contribution in [-0.4, -0.2) is 45.0 Å². The Morgan fingerprint density at radius 2 is 1.75 bits per heavy atom. The highest BCUT2D eigenvalue weighted by molar-refractivity contribution is 7.99. The minimum Gasteiger partial charge on any atom is -0.341 e. The predicted octanol–water partition coefficient (Wildman–Crippen LogP) is 4.51. The number of amides is 1. The Morgan fingerprint density at radius 3 is 2.39 bits per heavy atom. The van der Waals surface area contributed by atoms with Crippen molar-refractivity contribution in [2.75, 3.05) is 19.1 Å². The highest BCUT2D eigenvalue weighted by Gasteiger charge is 2.13. The third-order valence-corrected chi connectivity index (χ3v) is 6.01. The van der Waals surface area contributed by atoms with Gasteiger partial charge in [0.1, 0.15) is 0 Å². The van der Waals surface area contributed by atoms with Gasteiger partial charge in [0.25, 0.3) is 0 Å². The highest BCUT2D eigenvalue weighted by atomic mass is 32.2. The Labute approximate surface area is 174 Å². The van der Waals surface area contributed by atoms with E-state index in [1.54, 1.807) is 16.7 Å². The van der Waals surface area contributed by atoms with Gasteiger partial charge in [0.15, 0.2) is 5.82 Å². The molecule has 0 spiro atoms. The fourth-order valence-electron chi connectivity index (χ4n) is 2.67. The van der Waals surface area contributed by atoms with Crippen LogP contribution in [0.15, 0.2) is 58.6 Å². The molecule has 0 saturated heterocycles.